The number of anilines is 2. The van der Waals surface area contributed by atoms with Crippen LogP contribution in [-0.4, -0.2) is 22.2 Å². The molecule has 2 aromatic rings. The summed E-state index contributed by atoms with van der Waals surface area (Å²) in [6, 6.07) is 6.97. The molecule has 6 heteroatoms. The van der Waals surface area contributed by atoms with E-state index in [1.54, 1.807) is 19.1 Å². The van der Waals surface area contributed by atoms with Crippen LogP contribution in [0.15, 0.2) is 30.3 Å². The minimum Gasteiger partial charge on any atom is -0.478 e. The van der Waals surface area contributed by atoms with E-state index in [-0.39, 0.29) is 16.7 Å². The lowest BCUT2D eigenvalue weighted by Crippen LogP contribution is -2.04. The zero-order chi connectivity index (χ0) is 15.7. The predicted molar refractivity (Wildman–Crippen MR) is 79.4 cm³/mol. The van der Waals surface area contributed by atoms with Crippen LogP contribution in [0.5, 0.6) is 0 Å². The summed E-state index contributed by atoms with van der Waals surface area (Å²) in [5.41, 5.74) is 13.9. The van der Waals surface area contributed by atoms with Gasteiger partial charge in [-0.05, 0) is 53.9 Å². The summed E-state index contributed by atoms with van der Waals surface area (Å²) in [4.78, 5) is 22.4. The van der Waals surface area contributed by atoms with Crippen molar-refractivity contribution in [1.82, 2.24) is 0 Å². The number of carbonyl (C=O) groups is 2. The average molecular weight is 286 g/mol. The molecule has 0 saturated carbocycles. The lowest BCUT2D eigenvalue weighted by molar-refractivity contribution is 0.0682. The highest BCUT2D eigenvalue weighted by molar-refractivity contribution is 5.99. The van der Waals surface area contributed by atoms with Gasteiger partial charge in [0, 0.05) is 11.4 Å². The Morgan fingerprint density at radius 1 is 0.952 bits per heavy atom. The number of carboxylic acid groups (broad SMARTS) is 2. The largest absolute Gasteiger partial charge is 0.478 e. The van der Waals surface area contributed by atoms with Crippen LogP contribution in [0.4, 0.5) is 11.4 Å². The molecule has 0 aliphatic rings. The fourth-order valence-corrected chi connectivity index (χ4v) is 2.02. The summed E-state index contributed by atoms with van der Waals surface area (Å²) in [5.74, 6) is -2.29. The fraction of sp³-hybridized carbons (Fsp3) is 0.0667. The first kappa shape index (κ1) is 14.4. The average Bonchev–Trinajstić information content (AvgIpc) is 2.43. The third-order valence-corrected chi connectivity index (χ3v) is 3.30. The van der Waals surface area contributed by atoms with E-state index in [2.05, 4.69) is 0 Å². The van der Waals surface area contributed by atoms with Crippen molar-refractivity contribution < 1.29 is 19.8 Å². The van der Waals surface area contributed by atoms with Crippen molar-refractivity contribution in [3.05, 3.63) is 47.0 Å². The molecule has 108 valence electrons. The van der Waals surface area contributed by atoms with E-state index >= 15 is 0 Å². The Morgan fingerprint density at radius 3 is 2.00 bits per heavy atom. The van der Waals surface area contributed by atoms with Crippen molar-refractivity contribution in [3.8, 4) is 11.1 Å². The third-order valence-electron chi connectivity index (χ3n) is 3.30. The van der Waals surface area contributed by atoms with Crippen LogP contribution >= 0.6 is 0 Å². The summed E-state index contributed by atoms with van der Waals surface area (Å²) < 4.78 is 0. The summed E-state index contributed by atoms with van der Waals surface area (Å²) in [7, 11) is 0. The molecular weight excluding hydrogens is 272 g/mol. The number of carboxylic acids is 2. The molecule has 2 rings (SSSR count). The number of hydrogen-bond donors (Lipinski definition) is 4. The number of rotatable bonds is 3. The highest BCUT2D eigenvalue weighted by Gasteiger charge is 2.16. The predicted octanol–water partition coefficient (Wildman–Crippen LogP) is 2.22. The molecule has 0 spiro atoms. The van der Waals surface area contributed by atoms with Crippen molar-refractivity contribution in [2.45, 2.75) is 6.92 Å². The monoisotopic (exact) mass is 286 g/mol. The second-order valence-corrected chi connectivity index (χ2v) is 4.65. The molecule has 0 amide bonds. The molecule has 0 heterocycles. The van der Waals surface area contributed by atoms with Crippen LogP contribution in [0.2, 0.25) is 0 Å². The quantitative estimate of drug-likeness (QED) is 0.641. The van der Waals surface area contributed by atoms with Gasteiger partial charge in [0.25, 0.3) is 0 Å². The van der Waals surface area contributed by atoms with Gasteiger partial charge >= 0.3 is 11.9 Å². The van der Waals surface area contributed by atoms with E-state index in [1.807, 2.05) is 0 Å². The molecule has 0 atom stereocenters. The summed E-state index contributed by atoms with van der Waals surface area (Å²) >= 11 is 0. The molecule has 0 unspecified atom stereocenters. The Labute approximate surface area is 120 Å². The van der Waals surface area contributed by atoms with E-state index < -0.39 is 11.9 Å². The Bertz CT molecular complexity index is 730. The lowest BCUT2D eigenvalue weighted by Gasteiger charge is -2.12. The van der Waals surface area contributed by atoms with Gasteiger partial charge in [-0.25, -0.2) is 9.59 Å². The number of benzene rings is 2. The topological polar surface area (TPSA) is 127 Å². The fourth-order valence-electron chi connectivity index (χ4n) is 2.02. The highest BCUT2D eigenvalue weighted by Crippen LogP contribution is 2.31. The molecule has 0 fully saturated rings. The molecule has 6 N–H and O–H groups in total. The maximum absolute atomic E-state index is 11.3. The number of aromatic carboxylic acids is 2. The second kappa shape index (κ2) is 5.16. The first-order chi connectivity index (χ1) is 9.81. The van der Waals surface area contributed by atoms with Crippen LogP contribution in [0.3, 0.4) is 0 Å². The summed E-state index contributed by atoms with van der Waals surface area (Å²) in [6.07, 6.45) is 0. The van der Waals surface area contributed by atoms with Crippen LogP contribution < -0.4 is 11.5 Å². The Kier molecular flexibility index (Phi) is 3.54. The van der Waals surface area contributed by atoms with Gasteiger partial charge in [-0.1, -0.05) is 0 Å². The first-order valence-corrected chi connectivity index (χ1v) is 6.08. The van der Waals surface area contributed by atoms with Crippen LogP contribution in [0.25, 0.3) is 11.1 Å². The molecule has 0 aliphatic heterocycles. The van der Waals surface area contributed by atoms with Gasteiger partial charge in [0.05, 0.1) is 11.1 Å². The van der Waals surface area contributed by atoms with Crippen molar-refractivity contribution in [2.75, 3.05) is 11.5 Å². The maximum atomic E-state index is 11.3. The van der Waals surface area contributed by atoms with Crippen LogP contribution in [0.1, 0.15) is 26.3 Å². The molecule has 0 aliphatic carbocycles. The van der Waals surface area contributed by atoms with E-state index in [1.165, 1.54) is 18.2 Å². The van der Waals surface area contributed by atoms with Crippen LogP contribution in [0, 0.1) is 6.92 Å². The summed E-state index contributed by atoms with van der Waals surface area (Å²) in [5, 5.41) is 18.3. The van der Waals surface area contributed by atoms with Gasteiger partial charge in [0.1, 0.15) is 0 Å². The Balaban J connectivity index is 2.74. The van der Waals surface area contributed by atoms with Crippen molar-refractivity contribution in [3.63, 3.8) is 0 Å². The molecule has 0 saturated heterocycles. The minimum absolute atomic E-state index is 0.00674. The van der Waals surface area contributed by atoms with E-state index in [0.717, 1.165) is 0 Å². The Hall–Kier alpha value is -3.02. The van der Waals surface area contributed by atoms with Gasteiger partial charge in [-0.3, -0.25) is 0 Å². The number of nitrogen functional groups attached to an aromatic ring is 2. The minimum atomic E-state index is -1.15. The molecule has 6 nitrogen and oxygen atoms in total. The van der Waals surface area contributed by atoms with Gasteiger partial charge in [-0.15, -0.1) is 0 Å². The SMILES string of the molecule is Cc1c(N)cc(-c2cc(C(=O)O)ccc2C(=O)O)cc1N. The van der Waals surface area contributed by atoms with Crippen molar-refractivity contribution >= 4 is 23.3 Å². The van der Waals surface area contributed by atoms with Gasteiger partial charge < -0.3 is 21.7 Å². The Morgan fingerprint density at radius 2 is 1.52 bits per heavy atom. The van der Waals surface area contributed by atoms with E-state index in [9.17, 15) is 14.7 Å². The van der Waals surface area contributed by atoms with E-state index in [0.29, 0.717) is 22.5 Å². The zero-order valence-corrected chi connectivity index (χ0v) is 11.3. The standard InChI is InChI=1S/C15H14N2O4/c1-7-12(16)5-9(6-13(7)17)11-4-8(14(18)19)2-3-10(11)15(20)21/h2-6H,16-17H2,1H3,(H,18,19)(H,20,21). The van der Waals surface area contributed by atoms with E-state index in [4.69, 9.17) is 16.6 Å². The van der Waals surface area contributed by atoms with Gasteiger partial charge in [0.15, 0.2) is 0 Å². The van der Waals surface area contributed by atoms with Crippen molar-refractivity contribution in [2.24, 2.45) is 0 Å². The maximum Gasteiger partial charge on any atom is 0.336 e. The zero-order valence-electron chi connectivity index (χ0n) is 11.3. The summed E-state index contributed by atoms with van der Waals surface area (Å²) in [6.45, 7) is 1.75. The molecule has 0 radical (unpaired) electrons. The number of hydrogen-bond acceptors (Lipinski definition) is 4. The second-order valence-electron chi connectivity index (χ2n) is 4.65. The molecular formula is C15H14N2O4. The third kappa shape index (κ3) is 2.64. The van der Waals surface area contributed by atoms with Crippen LogP contribution in [-0.2, 0) is 0 Å². The molecule has 0 bridgehead atoms. The van der Waals surface area contributed by atoms with Crippen molar-refractivity contribution in [1.29, 1.82) is 0 Å². The smallest absolute Gasteiger partial charge is 0.336 e. The highest BCUT2D eigenvalue weighted by atomic mass is 16.4. The normalized spacial score (nSPS) is 10.3. The first-order valence-electron chi connectivity index (χ1n) is 6.08. The molecule has 0 aromatic heterocycles. The number of nitrogens with two attached hydrogens (primary N) is 2. The molecule has 2 aromatic carbocycles. The van der Waals surface area contributed by atoms with Gasteiger partial charge in [0.2, 0.25) is 0 Å². The van der Waals surface area contributed by atoms with Gasteiger partial charge in [-0.2, -0.15) is 0 Å². The molecule has 21 heavy (non-hydrogen) atoms. The lowest BCUT2D eigenvalue weighted by atomic mass is 9.95.